The highest BCUT2D eigenvalue weighted by atomic mass is 35.5. The van der Waals surface area contributed by atoms with Crippen molar-refractivity contribution in [2.75, 3.05) is 32.1 Å². The Bertz CT molecular complexity index is 967. The number of amides is 1. The quantitative estimate of drug-likeness (QED) is 0.600. The smallest absolute Gasteiger partial charge is 0.233 e. The van der Waals surface area contributed by atoms with E-state index in [1.54, 1.807) is 4.90 Å². The molecule has 6 heteroatoms. The van der Waals surface area contributed by atoms with Crippen molar-refractivity contribution in [3.8, 4) is 0 Å². The van der Waals surface area contributed by atoms with Crippen LogP contribution in [-0.4, -0.2) is 43.0 Å². The van der Waals surface area contributed by atoms with E-state index in [4.69, 9.17) is 11.6 Å². The number of anilines is 1. The fourth-order valence-corrected chi connectivity index (χ4v) is 4.22. The van der Waals surface area contributed by atoms with Gasteiger partial charge in [0.25, 0.3) is 0 Å². The van der Waals surface area contributed by atoms with E-state index in [2.05, 4.69) is 35.9 Å². The zero-order valence-electron chi connectivity index (χ0n) is 16.1. The number of halogens is 1. The second-order valence-corrected chi connectivity index (χ2v) is 8.51. The molecule has 1 heterocycles. The van der Waals surface area contributed by atoms with Gasteiger partial charge in [0.1, 0.15) is 0 Å². The number of carbonyl (C=O) groups excluding carboxylic acids is 1. The lowest BCUT2D eigenvalue weighted by Crippen LogP contribution is -2.37. The van der Waals surface area contributed by atoms with Crippen LogP contribution in [0.4, 0.5) is 5.13 Å². The molecule has 0 spiro atoms. The predicted molar refractivity (Wildman–Crippen MR) is 115 cm³/mol. The van der Waals surface area contributed by atoms with Crippen LogP contribution in [0.25, 0.3) is 10.2 Å². The Labute approximate surface area is 169 Å². The number of hydrogen-bond acceptors (Lipinski definition) is 4. The number of likely N-dealkylation sites (N-methyl/N-ethyl adjacent to an activating group) is 1. The maximum absolute atomic E-state index is 13.2. The number of nitrogens with zero attached hydrogens (tertiary/aromatic N) is 3. The highest BCUT2D eigenvalue weighted by Crippen LogP contribution is 2.31. The van der Waals surface area contributed by atoms with Crippen molar-refractivity contribution in [2.45, 2.75) is 20.3 Å². The van der Waals surface area contributed by atoms with Gasteiger partial charge in [-0.1, -0.05) is 46.7 Å². The molecule has 4 nitrogen and oxygen atoms in total. The van der Waals surface area contributed by atoms with Gasteiger partial charge < -0.3 is 4.90 Å². The molecule has 0 saturated heterocycles. The molecular formula is C21H24ClN3OS. The minimum atomic E-state index is 0.0638. The maximum atomic E-state index is 13.2. The summed E-state index contributed by atoms with van der Waals surface area (Å²) in [5.74, 6) is 0.0638. The average Bonchev–Trinajstić information content (AvgIpc) is 3.00. The van der Waals surface area contributed by atoms with Crippen LogP contribution in [0.2, 0.25) is 5.02 Å². The molecule has 0 fully saturated rings. The summed E-state index contributed by atoms with van der Waals surface area (Å²) in [6, 6.07) is 11.8. The standard InChI is InChI=1S/C21H24ClN3OS/c1-14-5-6-16(15(2)11-14)12-20(26)25(10-9-24(3)4)21-23-18-8-7-17(22)13-19(18)27-21/h5-8,11,13H,9-10,12H2,1-4H3. The molecule has 0 aliphatic rings. The summed E-state index contributed by atoms with van der Waals surface area (Å²) < 4.78 is 0.992. The number of hydrogen-bond donors (Lipinski definition) is 0. The number of aromatic nitrogens is 1. The van der Waals surface area contributed by atoms with Crippen molar-refractivity contribution in [1.82, 2.24) is 9.88 Å². The monoisotopic (exact) mass is 401 g/mol. The Morgan fingerprint density at radius 2 is 1.89 bits per heavy atom. The van der Waals surface area contributed by atoms with Gasteiger partial charge in [0, 0.05) is 18.1 Å². The summed E-state index contributed by atoms with van der Waals surface area (Å²) >= 11 is 7.61. The number of fused-ring (bicyclic) bond motifs is 1. The van der Waals surface area contributed by atoms with Crippen molar-refractivity contribution >= 4 is 44.2 Å². The Hall–Kier alpha value is -1.95. The van der Waals surface area contributed by atoms with Crippen molar-refractivity contribution < 1.29 is 4.79 Å². The molecule has 27 heavy (non-hydrogen) atoms. The Morgan fingerprint density at radius 1 is 1.11 bits per heavy atom. The molecule has 0 aliphatic heterocycles. The van der Waals surface area contributed by atoms with Gasteiger partial charge in [-0.15, -0.1) is 0 Å². The minimum Gasteiger partial charge on any atom is -0.308 e. The molecule has 142 valence electrons. The number of rotatable bonds is 6. The van der Waals surface area contributed by atoms with Gasteiger partial charge >= 0.3 is 0 Å². The van der Waals surface area contributed by atoms with Crippen molar-refractivity contribution in [1.29, 1.82) is 0 Å². The zero-order valence-corrected chi connectivity index (χ0v) is 17.7. The molecule has 2 aromatic carbocycles. The summed E-state index contributed by atoms with van der Waals surface area (Å²) in [4.78, 5) is 21.7. The van der Waals surface area contributed by atoms with Gasteiger partial charge in [0.05, 0.1) is 16.6 Å². The first kappa shape index (κ1) is 19.8. The third-order valence-corrected chi connectivity index (χ3v) is 5.76. The second kappa shape index (κ2) is 8.38. The van der Waals surface area contributed by atoms with Crippen LogP contribution in [0.5, 0.6) is 0 Å². The maximum Gasteiger partial charge on any atom is 0.233 e. The van der Waals surface area contributed by atoms with E-state index in [1.165, 1.54) is 16.9 Å². The molecule has 0 bridgehead atoms. The van der Waals surface area contributed by atoms with E-state index in [0.29, 0.717) is 18.0 Å². The van der Waals surface area contributed by atoms with E-state index in [9.17, 15) is 4.79 Å². The normalized spacial score (nSPS) is 11.3. The summed E-state index contributed by atoms with van der Waals surface area (Å²) in [6.45, 7) is 5.49. The number of benzene rings is 2. The van der Waals surface area contributed by atoms with Gasteiger partial charge in [-0.05, 0) is 57.3 Å². The topological polar surface area (TPSA) is 36.4 Å². The third-order valence-electron chi connectivity index (χ3n) is 4.48. The van der Waals surface area contributed by atoms with Crippen LogP contribution in [0.15, 0.2) is 36.4 Å². The molecule has 0 atom stereocenters. The van der Waals surface area contributed by atoms with Crippen LogP contribution >= 0.6 is 22.9 Å². The number of aryl methyl sites for hydroxylation is 2. The van der Waals surface area contributed by atoms with Gasteiger partial charge in [-0.2, -0.15) is 0 Å². The Kier molecular flexibility index (Phi) is 6.15. The van der Waals surface area contributed by atoms with Crippen molar-refractivity contribution in [3.63, 3.8) is 0 Å². The van der Waals surface area contributed by atoms with Gasteiger partial charge in [0.15, 0.2) is 5.13 Å². The fourth-order valence-electron chi connectivity index (χ4n) is 2.93. The average molecular weight is 402 g/mol. The summed E-state index contributed by atoms with van der Waals surface area (Å²) in [7, 11) is 4.01. The molecular weight excluding hydrogens is 378 g/mol. The SMILES string of the molecule is Cc1ccc(CC(=O)N(CCN(C)C)c2nc3ccc(Cl)cc3s2)c(C)c1. The number of carbonyl (C=O) groups is 1. The first-order valence-corrected chi connectivity index (χ1v) is 10.1. The van der Waals surface area contributed by atoms with E-state index in [1.807, 2.05) is 38.4 Å². The van der Waals surface area contributed by atoms with E-state index < -0.39 is 0 Å². The van der Waals surface area contributed by atoms with E-state index >= 15 is 0 Å². The lowest BCUT2D eigenvalue weighted by molar-refractivity contribution is -0.118. The third kappa shape index (κ3) is 4.86. The van der Waals surface area contributed by atoms with Gasteiger partial charge in [0.2, 0.25) is 5.91 Å². The van der Waals surface area contributed by atoms with Crippen LogP contribution < -0.4 is 4.90 Å². The van der Waals surface area contributed by atoms with Crippen LogP contribution in [0, 0.1) is 13.8 Å². The predicted octanol–water partition coefficient (Wildman–Crippen LogP) is 4.70. The Morgan fingerprint density at radius 3 is 2.59 bits per heavy atom. The largest absolute Gasteiger partial charge is 0.308 e. The summed E-state index contributed by atoms with van der Waals surface area (Å²) in [5.41, 5.74) is 4.28. The molecule has 0 radical (unpaired) electrons. The summed E-state index contributed by atoms with van der Waals surface area (Å²) in [6.07, 6.45) is 0.371. The van der Waals surface area contributed by atoms with Gasteiger partial charge in [-0.3, -0.25) is 9.69 Å². The van der Waals surface area contributed by atoms with Crippen LogP contribution in [-0.2, 0) is 11.2 Å². The molecule has 3 rings (SSSR count). The molecule has 1 aromatic heterocycles. The lowest BCUT2D eigenvalue weighted by Gasteiger charge is -2.22. The summed E-state index contributed by atoms with van der Waals surface area (Å²) in [5, 5.41) is 1.41. The van der Waals surface area contributed by atoms with Crippen LogP contribution in [0.1, 0.15) is 16.7 Å². The highest BCUT2D eigenvalue weighted by molar-refractivity contribution is 7.22. The molecule has 0 N–H and O–H groups in total. The highest BCUT2D eigenvalue weighted by Gasteiger charge is 2.21. The molecule has 0 unspecified atom stereocenters. The lowest BCUT2D eigenvalue weighted by atomic mass is 10.0. The van der Waals surface area contributed by atoms with Crippen LogP contribution in [0.3, 0.4) is 0 Å². The molecule has 0 aliphatic carbocycles. The number of thiazole rings is 1. The van der Waals surface area contributed by atoms with Gasteiger partial charge in [-0.25, -0.2) is 4.98 Å². The van der Waals surface area contributed by atoms with Crippen molar-refractivity contribution in [2.24, 2.45) is 0 Å². The molecule has 1 amide bonds. The Balaban J connectivity index is 1.90. The van der Waals surface area contributed by atoms with Crippen molar-refractivity contribution in [3.05, 3.63) is 58.1 Å². The molecule has 3 aromatic rings. The second-order valence-electron chi connectivity index (χ2n) is 7.06. The fraction of sp³-hybridized carbons (Fsp3) is 0.333. The first-order valence-electron chi connectivity index (χ1n) is 8.91. The zero-order chi connectivity index (χ0) is 19.6. The minimum absolute atomic E-state index is 0.0638. The van der Waals surface area contributed by atoms with E-state index in [0.717, 1.165) is 33.0 Å². The first-order chi connectivity index (χ1) is 12.8. The van der Waals surface area contributed by atoms with E-state index in [-0.39, 0.29) is 5.91 Å². The molecule has 0 saturated carbocycles.